The number of aryl methyl sites for hydroxylation is 1. The van der Waals surface area contributed by atoms with E-state index in [-0.39, 0.29) is 11.3 Å². The Bertz CT molecular complexity index is 886. The van der Waals surface area contributed by atoms with Crippen molar-refractivity contribution >= 4 is 17.7 Å². The molecular weight excluding hydrogens is 351 g/mol. The van der Waals surface area contributed by atoms with E-state index in [1.165, 1.54) is 18.2 Å². The van der Waals surface area contributed by atoms with Gasteiger partial charge in [0.15, 0.2) is 6.61 Å². The van der Waals surface area contributed by atoms with Crippen molar-refractivity contribution in [3.63, 3.8) is 0 Å². The number of Topliss-reactive ketones (excluding diaryl/α,β-unsaturated/α-hetero) is 1. The summed E-state index contributed by atoms with van der Waals surface area (Å²) in [5.74, 6) is -2.24. The lowest BCUT2D eigenvalue weighted by atomic mass is 10.1. The first-order valence-corrected chi connectivity index (χ1v) is 8.33. The molecule has 1 amide bonds. The van der Waals surface area contributed by atoms with Crippen LogP contribution in [0.4, 0.5) is 4.39 Å². The van der Waals surface area contributed by atoms with Crippen LogP contribution in [0.2, 0.25) is 0 Å². The molecule has 0 fully saturated rings. The van der Waals surface area contributed by atoms with E-state index in [2.05, 4.69) is 11.9 Å². The topological polar surface area (TPSA) is 77.4 Å². The van der Waals surface area contributed by atoms with Crippen LogP contribution in [0.15, 0.2) is 43.0 Å². The van der Waals surface area contributed by atoms with Gasteiger partial charge in [0.1, 0.15) is 12.4 Å². The molecule has 2 aromatic rings. The zero-order valence-electron chi connectivity index (χ0n) is 15.3. The van der Waals surface area contributed by atoms with Gasteiger partial charge in [0.05, 0.1) is 0 Å². The van der Waals surface area contributed by atoms with E-state index in [9.17, 15) is 18.8 Å². The van der Waals surface area contributed by atoms with Gasteiger partial charge in [-0.15, -0.1) is 6.58 Å². The fourth-order valence-electron chi connectivity index (χ4n) is 2.65. The molecule has 0 aliphatic heterocycles. The molecule has 7 heteroatoms. The molecule has 0 aliphatic rings. The zero-order chi connectivity index (χ0) is 20.0. The molecule has 27 heavy (non-hydrogen) atoms. The lowest BCUT2D eigenvalue weighted by Gasteiger charge is -2.08. The highest BCUT2D eigenvalue weighted by Gasteiger charge is 2.17. The van der Waals surface area contributed by atoms with Crippen LogP contribution in [0.5, 0.6) is 0 Å². The van der Waals surface area contributed by atoms with Crippen LogP contribution in [0.1, 0.15) is 32.1 Å². The number of carbonyl (C=O) groups excluding carboxylic acids is 3. The van der Waals surface area contributed by atoms with Gasteiger partial charge in [0.25, 0.3) is 5.91 Å². The average molecular weight is 372 g/mol. The fraction of sp³-hybridized carbons (Fsp3) is 0.250. The van der Waals surface area contributed by atoms with Crippen molar-refractivity contribution in [3.8, 4) is 0 Å². The Kier molecular flexibility index (Phi) is 6.65. The maximum atomic E-state index is 13.1. The molecule has 1 heterocycles. The molecule has 0 unspecified atom stereocenters. The third kappa shape index (κ3) is 5.13. The second-order valence-electron chi connectivity index (χ2n) is 5.96. The van der Waals surface area contributed by atoms with E-state index in [4.69, 9.17) is 4.74 Å². The van der Waals surface area contributed by atoms with E-state index in [0.29, 0.717) is 12.1 Å². The largest absolute Gasteiger partial charge is 0.456 e. The molecule has 1 aromatic heterocycles. The van der Waals surface area contributed by atoms with Crippen molar-refractivity contribution in [1.29, 1.82) is 0 Å². The number of esters is 1. The first kappa shape index (κ1) is 20.1. The zero-order valence-corrected chi connectivity index (χ0v) is 15.3. The highest BCUT2D eigenvalue weighted by atomic mass is 19.1. The predicted molar refractivity (Wildman–Crippen MR) is 98.1 cm³/mol. The third-order valence-corrected chi connectivity index (χ3v) is 4.03. The maximum Gasteiger partial charge on any atom is 0.325 e. The Morgan fingerprint density at radius 2 is 2.00 bits per heavy atom. The number of halogens is 1. The van der Waals surface area contributed by atoms with Gasteiger partial charge in [-0.3, -0.25) is 14.4 Å². The number of rotatable bonds is 8. The number of carbonyl (C=O) groups is 3. The first-order chi connectivity index (χ1) is 12.8. The molecule has 1 aromatic carbocycles. The van der Waals surface area contributed by atoms with Gasteiger partial charge in [-0.1, -0.05) is 12.1 Å². The van der Waals surface area contributed by atoms with Crippen LogP contribution in [-0.2, 0) is 16.1 Å². The van der Waals surface area contributed by atoms with Crippen LogP contribution in [0.3, 0.4) is 0 Å². The molecule has 0 radical (unpaired) electrons. The average Bonchev–Trinajstić information content (AvgIpc) is 2.92. The van der Waals surface area contributed by atoms with Gasteiger partial charge < -0.3 is 14.6 Å². The molecule has 2 rings (SSSR count). The fourth-order valence-corrected chi connectivity index (χ4v) is 2.65. The van der Waals surface area contributed by atoms with E-state index < -0.39 is 30.8 Å². The Labute approximate surface area is 156 Å². The van der Waals surface area contributed by atoms with Crippen LogP contribution < -0.4 is 5.32 Å². The lowest BCUT2D eigenvalue weighted by molar-refractivity contribution is -0.141. The maximum absolute atomic E-state index is 13.1. The molecule has 0 saturated carbocycles. The number of allylic oxidation sites excluding steroid dienone is 1. The molecule has 0 aliphatic carbocycles. The van der Waals surface area contributed by atoms with Crippen molar-refractivity contribution in [3.05, 3.63) is 71.3 Å². The molecule has 0 spiro atoms. The number of aromatic nitrogens is 1. The number of ether oxygens (including phenoxy) is 1. The molecule has 0 bridgehead atoms. The summed E-state index contributed by atoms with van der Waals surface area (Å²) in [6.07, 6.45) is 1.73. The number of ketones is 1. The van der Waals surface area contributed by atoms with Crippen LogP contribution >= 0.6 is 0 Å². The van der Waals surface area contributed by atoms with Gasteiger partial charge in [-0.05, 0) is 38.1 Å². The molecule has 142 valence electrons. The Morgan fingerprint density at radius 1 is 1.26 bits per heavy atom. The van der Waals surface area contributed by atoms with E-state index >= 15 is 0 Å². The first-order valence-electron chi connectivity index (χ1n) is 8.33. The Morgan fingerprint density at radius 3 is 2.67 bits per heavy atom. The van der Waals surface area contributed by atoms with Crippen LogP contribution in [-0.4, -0.2) is 35.4 Å². The predicted octanol–water partition coefficient (Wildman–Crippen LogP) is 2.59. The van der Waals surface area contributed by atoms with Crippen LogP contribution in [0, 0.1) is 19.7 Å². The summed E-state index contributed by atoms with van der Waals surface area (Å²) in [6.45, 7) is 7.11. The Hall–Kier alpha value is -3.22. The van der Waals surface area contributed by atoms with Gasteiger partial charge in [0, 0.05) is 29.1 Å². The molecule has 0 saturated heterocycles. The monoisotopic (exact) mass is 372 g/mol. The minimum absolute atomic E-state index is 0.0912. The van der Waals surface area contributed by atoms with Crippen molar-refractivity contribution in [1.82, 2.24) is 9.88 Å². The summed E-state index contributed by atoms with van der Waals surface area (Å²) >= 11 is 0. The standard InChI is InChI=1S/C20H21FN2O4/c1-4-8-23-13(2)9-17(14(23)3)18(24)12-27-19(25)11-22-20(26)15-6-5-7-16(21)10-15/h4-7,9-10H,1,8,11-12H2,2-3H3,(H,22,26). The summed E-state index contributed by atoms with van der Waals surface area (Å²) in [4.78, 5) is 35.9. The highest BCUT2D eigenvalue weighted by molar-refractivity contribution is 6.00. The van der Waals surface area contributed by atoms with Gasteiger partial charge in [-0.2, -0.15) is 0 Å². The summed E-state index contributed by atoms with van der Waals surface area (Å²) < 4.78 is 19.9. The van der Waals surface area contributed by atoms with E-state index in [1.54, 1.807) is 12.1 Å². The molecule has 1 N–H and O–H groups in total. The smallest absolute Gasteiger partial charge is 0.325 e. The summed E-state index contributed by atoms with van der Waals surface area (Å²) in [6, 6.07) is 6.82. The van der Waals surface area contributed by atoms with Crippen LogP contribution in [0.25, 0.3) is 0 Å². The minimum atomic E-state index is -0.756. The molecule has 0 atom stereocenters. The third-order valence-electron chi connectivity index (χ3n) is 4.03. The van der Waals surface area contributed by atoms with Crippen molar-refractivity contribution in [2.24, 2.45) is 0 Å². The van der Waals surface area contributed by atoms with Gasteiger partial charge in [0.2, 0.25) is 5.78 Å². The number of nitrogens with one attached hydrogen (secondary N) is 1. The number of hydrogen-bond acceptors (Lipinski definition) is 4. The van der Waals surface area contributed by atoms with Gasteiger partial charge in [-0.25, -0.2) is 4.39 Å². The van der Waals surface area contributed by atoms with E-state index in [0.717, 1.165) is 17.5 Å². The SMILES string of the molecule is C=CCn1c(C)cc(C(=O)COC(=O)CNC(=O)c2cccc(F)c2)c1C. The number of amides is 1. The Balaban J connectivity index is 1.86. The van der Waals surface area contributed by atoms with E-state index in [1.807, 2.05) is 18.4 Å². The number of nitrogens with zero attached hydrogens (tertiary/aromatic N) is 1. The number of hydrogen-bond donors (Lipinski definition) is 1. The second-order valence-corrected chi connectivity index (χ2v) is 5.96. The summed E-state index contributed by atoms with van der Waals surface area (Å²) in [5.41, 5.74) is 2.25. The quantitative estimate of drug-likeness (QED) is 0.439. The summed E-state index contributed by atoms with van der Waals surface area (Å²) in [5, 5.41) is 2.32. The molecular formula is C20H21FN2O4. The van der Waals surface area contributed by atoms with Gasteiger partial charge >= 0.3 is 5.97 Å². The van der Waals surface area contributed by atoms with Crippen molar-refractivity contribution in [2.45, 2.75) is 20.4 Å². The van der Waals surface area contributed by atoms with Crippen molar-refractivity contribution < 1.29 is 23.5 Å². The highest BCUT2D eigenvalue weighted by Crippen LogP contribution is 2.16. The normalized spacial score (nSPS) is 10.3. The van der Waals surface area contributed by atoms with Crippen molar-refractivity contribution in [2.75, 3.05) is 13.2 Å². The second kappa shape index (κ2) is 8.93. The number of benzene rings is 1. The minimum Gasteiger partial charge on any atom is -0.456 e. The lowest BCUT2D eigenvalue weighted by Crippen LogP contribution is -2.31. The summed E-state index contributed by atoms with van der Waals surface area (Å²) in [7, 11) is 0. The molecule has 6 nitrogen and oxygen atoms in total.